The van der Waals surface area contributed by atoms with E-state index in [0.29, 0.717) is 18.8 Å². The SMILES string of the molecule is CC[C@@H]1CN(C)C2Cc3c([nH]c4ccccc34)C(=O)C[C@@H]1[C@@H]2C(=O)OC. The third-order valence-corrected chi connectivity index (χ3v) is 6.49. The molecule has 1 saturated heterocycles. The summed E-state index contributed by atoms with van der Waals surface area (Å²) < 4.78 is 5.17. The lowest BCUT2D eigenvalue weighted by atomic mass is 9.67. The molecule has 4 atom stereocenters. The summed E-state index contributed by atoms with van der Waals surface area (Å²) in [5.41, 5.74) is 2.77. The fourth-order valence-electron chi connectivity index (χ4n) is 5.15. The highest BCUT2D eigenvalue weighted by atomic mass is 16.5. The van der Waals surface area contributed by atoms with Crippen molar-refractivity contribution in [2.45, 2.75) is 32.2 Å². The number of rotatable bonds is 2. The number of para-hydroxylation sites is 1. The number of benzene rings is 1. The van der Waals surface area contributed by atoms with Crippen molar-refractivity contribution in [1.82, 2.24) is 9.88 Å². The van der Waals surface area contributed by atoms with Crippen LogP contribution in [0.2, 0.25) is 0 Å². The molecule has 0 saturated carbocycles. The summed E-state index contributed by atoms with van der Waals surface area (Å²) >= 11 is 0. The Kier molecular flexibility index (Phi) is 4.35. The van der Waals surface area contributed by atoms with Crippen LogP contribution in [-0.2, 0) is 16.0 Å². The molecule has 1 aliphatic heterocycles. The lowest BCUT2D eigenvalue weighted by Crippen LogP contribution is -2.56. The average Bonchev–Trinajstić information content (AvgIpc) is 3.01. The van der Waals surface area contributed by atoms with Gasteiger partial charge < -0.3 is 14.6 Å². The topological polar surface area (TPSA) is 62.4 Å². The molecule has 0 radical (unpaired) electrons. The molecule has 0 amide bonds. The molecule has 1 aromatic heterocycles. The Morgan fingerprint density at radius 3 is 2.81 bits per heavy atom. The summed E-state index contributed by atoms with van der Waals surface area (Å²) in [6.07, 6.45) is 2.05. The molecule has 0 spiro atoms. The first-order valence-corrected chi connectivity index (χ1v) is 9.46. The smallest absolute Gasteiger partial charge is 0.310 e. The highest BCUT2D eigenvalue weighted by Gasteiger charge is 2.48. The van der Waals surface area contributed by atoms with Crippen LogP contribution in [0.3, 0.4) is 0 Å². The number of nitrogens with one attached hydrogen (secondary N) is 1. The van der Waals surface area contributed by atoms with E-state index in [2.05, 4.69) is 29.9 Å². The molecule has 1 fully saturated rings. The maximum atomic E-state index is 13.1. The van der Waals surface area contributed by atoms with Crippen LogP contribution in [0, 0.1) is 17.8 Å². The molecule has 2 aliphatic rings. The molecule has 1 unspecified atom stereocenters. The first-order valence-electron chi connectivity index (χ1n) is 9.46. The van der Waals surface area contributed by atoms with Gasteiger partial charge in [0.25, 0.3) is 0 Å². The molecule has 5 heteroatoms. The number of H-pyrrole nitrogens is 1. The predicted molar refractivity (Wildman–Crippen MR) is 100 cm³/mol. The van der Waals surface area contributed by atoms with E-state index < -0.39 is 0 Å². The minimum Gasteiger partial charge on any atom is -0.469 e. The quantitative estimate of drug-likeness (QED) is 0.842. The van der Waals surface area contributed by atoms with E-state index in [9.17, 15) is 9.59 Å². The molecule has 138 valence electrons. The van der Waals surface area contributed by atoms with Gasteiger partial charge >= 0.3 is 5.97 Å². The molecule has 1 aromatic carbocycles. The Labute approximate surface area is 153 Å². The lowest BCUT2D eigenvalue weighted by molar-refractivity contribution is -0.154. The summed E-state index contributed by atoms with van der Waals surface area (Å²) in [5.74, 6) is 0.0584. The number of carbonyl (C=O) groups excluding carboxylic acids is 2. The number of aromatic amines is 1. The second-order valence-corrected chi connectivity index (χ2v) is 7.74. The number of aromatic nitrogens is 1. The van der Waals surface area contributed by atoms with Crippen molar-refractivity contribution in [1.29, 1.82) is 0 Å². The number of piperidine rings is 1. The van der Waals surface area contributed by atoms with Gasteiger partial charge in [-0.1, -0.05) is 31.5 Å². The van der Waals surface area contributed by atoms with Crippen LogP contribution in [-0.4, -0.2) is 48.4 Å². The second kappa shape index (κ2) is 6.54. The molecule has 1 aliphatic carbocycles. The van der Waals surface area contributed by atoms with Gasteiger partial charge in [0.2, 0.25) is 0 Å². The van der Waals surface area contributed by atoms with Gasteiger partial charge in [0, 0.05) is 29.9 Å². The van der Waals surface area contributed by atoms with Gasteiger partial charge in [-0.25, -0.2) is 0 Å². The molecule has 2 bridgehead atoms. The van der Waals surface area contributed by atoms with E-state index >= 15 is 0 Å². The van der Waals surface area contributed by atoms with Gasteiger partial charge in [-0.15, -0.1) is 0 Å². The van der Waals surface area contributed by atoms with Crippen LogP contribution in [0.25, 0.3) is 10.9 Å². The molecule has 5 nitrogen and oxygen atoms in total. The molecule has 2 heterocycles. The number of likely N-dealkylation sites (N-methyl/N-ethyl adjacent to an activating group) is 1. The van der Waals surface area contributed by atoms with E-state index in [0.717, 1.165) is 35.1 Å². The summed E-state index contributed by atoms with van der Waals surface area (Å²) in [5, 5.41) is 1.09. The highest BCUT2D eigenvalue weighted by molar-refractivity contribution is 6.03. The first kappa shape index (κ1) is 17.3. The number of fused-ring (bicyclic) bond motifs is 5. The van der Waals surface area contributed by atoms with Crippen molar-refractivity contribution in [2.24, 2.45) is 17.8 Å². The monoisotopic (exact) mass is 354 g/mol. The number of Topliss-reactive ketones (excluding diaryl/α,β-unsaturated/α-hetero) is 1. The normalized spacial score (nSPS) is 29.1. The van der Waals surface area contributed by atoms with E-state index in [-0.39, 0.29) is 29.6 Å². The van der Waals surface area contributed by atoms with Crippen LogP contribution in [0.4, 0.5) is 0 Å². The summed E-state index contributed by atoms with van der Waals surface area (Å²) in [6.45, 7) is 3.06. The Balaban J connectivity index is 1.88. The van der Waals surface area contributed by atoms with Crippen molar-refractivity contribution in [3.63, 3.8) is 0 Å². The molecule has 26 heavy (non-hydrogen) atoms. The number of nitrogens with zero attached hydrogens (tertiary/aromatic N) is 1. The van der Waals surface area contributed by atoms with Crippen molar-refractivity contribution in [3.8, 4) is 0 Å². The molecular weight excluding hydrogens is 328 g/mol. The number of esters is 1. The minimum atomic E-state index is -0.255. The zero-order valence-electron chi connectivity index (χ0n) is 15.6. The molecule has 1 N–H and O–H groups in total. The third-order valence-electron chi connectivity index (χ3n) is 6.49. The second-order valence-electron chi connectivity index (χ2n) is 7.74. The third kappa shape index (κ3) is 2.57. The van der Waals surface area contributed by atoms with Crippen LogP contribution in [0.15, 0.2) is 24.3 Å². The van der Waals surface area contributed by atoms with Gasteiger partial charge in [-0.05, 0) is 36.9 Å². The minimum absolute atomic E-state index is 0.0423. The van der Waals surface area contributed by atoms with Gasteiger partial charge in [0.1, 0.15) is 0 Å². The standard InChI is InChI=1S/C21H26N2O3/c1-4-12-11-23(2)17-9-15-13-7-5-6-8-16(13)22-20(15)18(24)10-14(12)19(17)21(25)26-3/h5-8,12,14,17,19,22H,4,9-11H2,1-3H3/t12-,14+,17?,19+/m1/s1. The van der Waals surface area contributed by atoms with Gasteiger partial charge in [-0.2, -0.15) is 0 Å². The Hall–Kier alpha value is -2.14. The predicted octanol–water partition coefficient (Wildman–Crippen LogP) is 3.04. The van der Waals surface area contributed by atoms with Crippen LogP contribution in [0.1, 0.15) is 35.8 Å². The maximum Gasteiger partial charge on any atom is 0.310 e. The fourth-order valence-corrected chi connectivity index (χ4v) is 5.15. The number of methoxy groups -OCH3 is 1. The number of likely N-dealkylation sites (tertiary alicyclic amines) is 1. The van der Waals surface area contributed by atoms with Gasteiger partial charge in [0.05, 0.1) is 18.7 Å². The zero-order valence-corrected chi connectivity index (χ0v) is 15.6. The number of hydrogen-bond donors (Lipinski definition) is 1. The Morgan fingerprint density at radius 2 is 2.08 bits per heavy atom. The highest BCUT2D eigenvalue weighted by Crippen LogP contribution is 2.42. The van der Waals surface area contributed by atoms with E-state index in [1.807, 2.05) is 18.2 Å². The number of hydrogen-bond acceptors (Lipinski definition) is 4. The number of ketones is 1. The average molecular weight is 354 g/mol. The summed E-state index contributed by atoms with van der Waals surface area (Å²) in [6, 6.07) is 8.10. The van der Waals surface area contributed by atoms with Crippen LogP contribution < -0.4 is 0 Å². The van der Waals surface area contributed by atoms with Crippen LogP contribution in [0.5, 0.6) is 0 Å². The van der Waals surface area contributed by atoms with Gasteiger partial charge in [0.15, 0.2) is 5.78 Å². The van der Waals surface area contributed by atoms with Crippen molar-refractivity contribution in [3.05, 3.63) is 35.5 Å². The molecule has 4 rings (SSSR count). The number of ether oxygens (including phenoxy) is 1. The first-order chi connectivity index (χ1) is 12.5. The number of carbonyl (C=O) groups is 2. The summed E-state index contributed by atoms with van der Waals surface area (Å²) in [7, 11) is 3.55. The fraction of sp³-hybridized carbons (Fsp3) is 0.524. The molecular formula is C21H26N2O3. The summed E-state index contributed by atoms with van der Waals surface area (Å²) in [4.78, 5) is 31.5. The van der Waals surface area contributed by atoms with Crippen molar-refractivity contribution < 1.29 is 14.3 Å². The van der Waals surface area contributed by atoms with E-state index in [1.54, 1.807) is 0 Å². The van der Waals surface area contributed by atoms with Crippen LogP contribution >= 0.6 is 0 Å². The van der Waals surface area contributed by atoms with Crippen molar-refractivity contribution >= 4 is 22.7 Å². The zero-order chi connectivity index (χ0) is 18.4. The van der Waals surface area contributed by atoms with Crippen molar-refractivity contribution in [2.75, 3.05) is 20.7 Å². The van der Waals surface area contributed by atoms with E-state index in [1.165, 1.54) is 7.11 Å². The molecule has 2 aromatic rings. The lowest BCUT2D eigenvalue weighted by Gasteiger charge is -2.47. The van der Waals surface area contributed by atoms with Gasteiger partial charge in [-0.3, -0.25) is 9.59 Å². The Morgan fingerprint density at radius 1 is 1.31 bits per heavy atom. The Bertz CT molecular complexity index is 856. The maximum absolute atomic E-state index is 13.1. The largest absolute Gasteiger partial charge is 0.469 e. The van der Waals surface area contributed by atoms with E-state index in [4.69, 9.17) is 4.74 Å².